The third-order valence-electron chi connectivity index (χ3n) is 7.08. The van der Waals surface area contributed by atoms with E-state index >= 15 is 0 Å². The van der Waals surface area contributed by atoms with E-state index in [4.69, 9.17) is 9.97 Å². The highest BCUT2D eigenvalue weighted by molar-refractivity contribution is 5.93. The molecule has 7 nitrogen and oxygen atoms in total. The minimum atomic E-state index is -4.49. The predicted octanol–water partition coefficient (Wildman–Crippen LogP) is 4.65. The molecule has 35 heavy (non-hydrogen) atoms. The van der Waals surface area contributed by atoms with E-state index in [1.807, 2.05) is 6.20 Å². The van der Waals surface area contributed by atoms with Gasteiger partial charge in [0, 0.05) is 41.3 Å². The summed E-state index contributed by atoms with van der Waals surface area (Å²) in [6.07, 6.45) is 5.01. The van der Waals surface area contributed by atoms with Gasteiger partial charge in [0.25, 0.3) is 0 Å². The Labute approximate surface area is 200 Å². The molecule has 10 heteroatoms. The zero-order valence-electron chi connectivity index (χ0n) is 19.4. The normalized spacial score (nSPS) is 18.1. The summed E-state index contributed by atoms with van der Waals surface area (Å²) in [5, 5.41) is 5.04. The highest BCUT2D eigenvalue weighted by Crippen LogP contribution is 2.43. The van der Waals surface area contributed by atoms with Crippen LogP contribution in [0.15, 0.2) is 30.7 Å². The van der Waals surface area contributed by atoms with Crippen molar-refractivity contribution in [2.24, 2.45) is 0 Å². The number of aromatic amines is 1. The number of piperidine rings is 1. The average molecular weight is 482 g/mol. The summed E-state index contributed by atoms with van der Waals surface area (Å²) in [6, 6.07) is 3.15. The molecule has 0 aromatic carbocycles. The van der Waals surface area contributed by atoms with Crippen LogP contribution in [0.25, 0.3) is 33.3 Å². The van der Waals surface area contributed by atoms with Crippen LogP contribution in [0.3, 0.4) is 0 Å². The van der Waals surface area contributed by atoms with Crippen molar-refractivity contribution in [2.75, 3.05) is 20.1 Å². The first kappa shape index (κ1) is 22.4. The van der Waals surface area contributed by atoms with Gasteiger partial charge in [-0.1, -0.05) is 0 Å². The van der Waals surface area contributed by atoms with Gasteiger partial charge in [-0.15, -0.1) is 0 Å². The molecular weight excluding hydrogens is 455 g/mol. The molecule has 0 unspecified atom stereocenters. The Kier molecular flexibility index (Phi) is 5.45. The van der Waals surface area contributed by atoms with Crippen LogP contribution in [-0.4, -0.2) is 56.0 Å². The maximum absolute atomic E-state index is 13.4. The van der Waals surface area contributed by atoms with Crippen molar-refractivity contribution in [3.8, 4) is 11.4 Å². The fourth-order valence-electron chi connectivity index (χ4n) is 4.97. The van der Waals surface area contributed by atoms with Gasteiger partial charge in [0.2, 0.25) is 0 Å². The number of hydrogen-bond acceptors (Lipinski definition) is 6. The van der Waals surface area contributed by atoms with Crippen molar-refractivity contribution < 1.29 is 13.2 Å². The van der Waals surface area contributed by atoms with Crippen LogP contribution in [0.1, 0.15) is 48.6 Å². The maximum Gasteiger partial charge on any atom is 0.431 e. The molecule has 0 bridgehead atoms. The van der Waals surface area contributed by atoms with Crippen LogP contribution in [0.5, 0.6) is 0 Å². The molecule has 0 atom stereocenters. The highest BCUT2D eigenvalue weighted by Gasteiger charge is 2.33. The first-order chi connectivity index (χ1) is 16.9. The van der Waals surface area contributed by atoms with Crippen molar-refractivity contribution in [2.45, 2.75) is 50.4 Å². The van der Waals surface area contributed by atoms with Crippen LogP contribution in [0.2, 0.25) is 0 Å². The second-order valence-corrected chi connectivity index (χ2v) is 9.65. The third-order valence-corrected chi connectivity index (χ3v) is 7.08. The Bertz CT molecular complexity index is 1390. The Balaban J connectivity index is 1.45. The summed E-state index contributed by atoms with van der Waals surface area (Å²) in [6.45, 7) is 2.67. The summed E-state index contributed by atoms with van der Waals surface area (Å²) < 4.78 is 40.1. The van der Waals surface area contributed by atoms with Crippen LogP contribution < -0.4 is 5.32 Å². The lowest BCUT2D eigenvalue weighted by Gasteiger charge is -2.29. The molecule has 1 aliphatic carbocycles. The van der Waals surface area contributed by atoms with Gasteiger partial charge in [0.1, 0.15) is 11.3 Å². The van der Waals surface area contributed by atoms with Gasteiger partial charge in [0.15, 0.2) is 5.82 Å². The SMILES string of the molecule is CN1CCC(NCc2nc(-c3ccnc4[nH]c(C(F)(F)F)cc34)nc3cncc(C4CC4)c23)CC1. The number of H-pyrrole nitrogens is 1. The second-order valence-electron chi connectivity index (χ2n) is 9.65. The molecule has 4 aromatic heterocycles. The number of rotatable bonds is 5. The van der Waals surface area contributed by atoms with E-state index in [0.717, 1.165) is 67.0 Å². The molecule has 1 saturated carbocycles. The topological polar surface area (TPSA) is 82.6 Å². The lowest BCUT2D eigenvalue weighted by Crippen LogP contribution is -2.40. The van der Waals surface area contributed by atoms with E-state index in [-0.39, 0.29) is 5.65 Å². The molecule has 4 aromatic rings. The molecular formula is C25H26F3N7. The van der Waals surface area contributed by atoms with Gasteiger partial charge >= 0.3 is 6.18 Å². The summed E-state index contributed by atoms with van der Waals surface area (Å²) in [4.78, 5) is 22.9. The monoisotopic (exact) mass is 481 g/mol. The predicted molar refractivity (Wildman–Crippen MR) is 127 cm³/mol. The molecule has 182 valence electrons. The molecule has 1 saturated heterocycles. The van der Waals surface area contributed by atoms with E-state index in [9.17, 15) is 13.2 Å². The number of pyridine rings is 2. The molecule has 0 amide bonds. The zero-order valence-corrected chi connectivity index (χ0v) is 19.4. The highest BCUT2D eigenvalue weighted by atomic mass is 19.4. The molecule has 5 heterocycles. The smallest absolute Gasteiger partial charge is 0.336 e. The standard InChI is InChI=1S/C25H26F3N7/c1-35-8-5-15(6-9-35)31-13-20-22-18(14-2-3-14)11-29-12-19(22)32-24(33-20)16-4-7-30-23-17(16)10-21(34-23)25(26,27)28/h4,7,10-12,14-15,31H,2-3,5-6,8-9,13H2,1H3,(H,30,34). The Morgan fingerprint density at radius 2 is 1.91 bits per heavy atom. The zero-order chi connectivity index (χ0) is 24.2. The van der Waals surface area contributed by atoms with Crippen molar-refractivity contribution in [1.82, 2.24) is 35.1 Å². The molecule has 2 fully saturated rings. The number of halogens is 3. The summed E-state index contributed by atoms with van der Waals surface area (Å²) in [7, 11) is 2.13. The van der Waals surface area contributed by atoms with Crippen LogP contribution >= 0.6 is 0 Å². The summed E-state index contributed by atoms with van der Waals surface area (Å²) >= 11 is 0. The molecule has 2 N–H and O–H groups in total. The van der Waals surface area contributed by atoms with E-state index < -0.39 is 11.9 Å². The van der Waals surface area contributed by atoms with Gasteiger partial charge in [-0.05, 0) is 69.4 Å². The van der Waals surface area contributed by atoms with Gasteiger partial charge < -0.3 is 15.2 Å². The number of nitrogens with one attached hydrogen (secondary N) is 2. The molecule has 1 aliphatic heterocycles. The summed E-state index contributed by atoms with van der Waals surface area (Å²) in [5.74, 6) is 0.849. The summed E-state index contributed by atoms with van der Waals surface area (Å²) in [5.41, 5.74) is 2.58. The van der Waals surface area contributed by atoms with E-state index in [2.05, 4.69) is 32.2 Å². The van der Waals surface area contributed by atoms with Gasteiger partial charge in [-0.2, -0.15) is 13.2 Å². The maximum atomic E-state index is 13.4. The minimum Gasteiger partial charge on any atom is -0.336 e. The van der Waals surface area contributed by atoms with Crippen LogP contribution in [-0.2, 0) is 12.7 Å². The number of hydrogen-bond donors (Lipinski definition) is 2. The lowest BCUT2D eigenvalue weighted by molar-refractivity contribution is -0.140. The van der Waals surface area contributed by atoms with Gasteiger partial charge in [-0.25, -0.2) is 15.0 Å². The molecule has 0 radical (unpaired) electrons. The van der Waals surface area contributed by atoms with E-state index in [1.54, 1.807) is 12.3 Å². The number of alkyl halides is 3. The van der Waals surface area contributed by atoms with Crippen molar-refractivity contribution in [1.29, 1.82) is 0 Å². The fourth-order valence-corrected chi connectivity index (χ4v) is 4.97. The first-order valence-corrected chi connectivity index (χ1v) is 12.0. The fraction of sp³-hybridized carbons (Fsp3) is 0.440. The van der Waals surface area contributed by atoms with Crippen LogP contribution in [0.4, 0.5) is 13.2 Å². The van der Waals surface area contributed by atoms with Gasteiger partial charge in [0.05, 0.1) is 17.4 Å². The van der Waals surface area contributed by atoms with Crippen molar-refractivity contribution in [3.05, 3.63) is 47.7 Å². The first-order valence-electron chi connectivity index (χ1n) is 12.0. The Hall–Kier alpha value is -3.11. The number of fused-ring (bicyclic) bond motifs is 2. The van der Waals surface area contributed by atoms with Crippen LogP contribution in [0, 0.1) is 0 Å². The quantitative estimate of drug-likeness (QED) is 0.432. The Morgan fingerprint density at radius 1 is 1.11 bits per heavy atom. The molecule has 2 aliphatic rings. The third kappa shape index (κ3) is 4.36. The van der Waals surface area contributed by atoms with E-state index in [1.165, 1.54) is 6.20 Å². The largest absolute Gasteiger partial charge is 0.431 e. The molecule has 6 rings (SSSR count). The van der Waals surface area contributed by atoms with E-state index in [0.29, 0.717) is 35.3 Å². The number of aromatic nitrogens is 5. The minimum absolute atomic E-state index is 0.161. The number of likely N-dealkylation sites (tertiary alicyclic amines) is 1. The lowest BCUT2D eigenvalue weighted by atomic mass is 10.0. The second kappa shape index (κ2) is 8.53. The molecule has 0 spiro atoms. The Morgan fingerprint density at radius 3 is 2.66 bits per heavy atom. The van der Waals surface area contributed by atoms with Crippen molar-refractivity contribution >= 4 is 21.9 Å². The number of nitrogens with zero attached hydrogens (tertiary/aromatic N) is 5. The van der Waals surface area contributed by atoms with Crippen molar-refractivity contribution in [3.63, 3.8) is 0 Å². The average Bonchev–Trinajstić information content (AvgIpc) is 3.59. The van der Waals surface area contributed by atoms with Gasteiger partial charge in [-0.3, -0.25) is 4.98 Å².